The van der Waals surface area contributed by atoms with Crippen LogP contribution >= 0.6 is 11.8 Å². The van der Waals surface area contributed by atoms with E-state index in [2.05, 4.69) is 16.7 Å². The average Bonchev–Trinajstić information content (AvgIpc) is 3.34. The molecule has 0 saturated carbocycles. The third-order valence-corrected chi connectivity index (χ3v) is 6.88. The average molecular weight is 535 g/mol. The van der Waals surface area contributed by atoms with E-state index >= 15 is 0 Å². The summed E-state index contributed by atoms with van der Waals surface area (Å²) in [5, 5.41) is 15.6. The van der Waals surface area contributed by atoms with Crippen LogP contribution in [-0.2, 0) is 11.2 Å². The highest BCUT2D eigenvalue weighted by atomic mass is 32.2. The maximum atomic E-state index is 12.7. The molecule has 2 aliphatic rings. The van der Waals surface area contributed by atoms with E-state index in [0.717, 1.165) is 17.0 Å². The molecule has 0 saturated heterocycles. The number of nitrogens with zero attached hydrogens (tertiary/aromatic N) is 3. The number of carbonyl (C=O) groups is 1. The summed E-state index contributed by atoms with van der Waals surface area (Å²) < 4.78 is 22.7. The van der Waals surface area contributed by atoms with Crippen LogP contribution in [0.2, 0.25) is 0 Å². The van der Waals surface area contributed by atoms with Crippen LogP contribution < -0.4 is 18.9 Å². The molecule has 9 nitrogen and oxygen atoms in total. The first-order valence-electron chi connectivity index (χ1n) is 12.1. The van der Waals surface area contributed by atoms with Crippen molar-refractivity contribution in [2.45, 2.75) is 20.3 Å². The lowest BCUT2D eigenvalue weighted by Gasteiger charge is -2.20. The summed E-state index contributed by atoms with van der Waals surface area (Å²) in [4.78, 5) is 16.8. The standard InChI is InChI=1S/C28H30N4O5S/c1-6-7-18-8-10-21(23(15-18)34-4)36-12-13-37-22-11-9-19(16-24(22)35-5)14-20-25(29)32-28(30-26(20)33)38-27(31-32)17(2)3/h6,8-11,14-17,29H,1,7,12-13H2,2-5H3/b20-14+,29-25?. The Morgan fingerprint density at radius 1 is 1.03 bits per heavy atom. The van der Waals surface area contributed by atoms with Crippen molar-refractivity contribution in [3.8, 4) is 23.0 Å². The van der Waals surface area contributed by atoms with Crippen LogP contribution in [0.1, 0.15) is 25.0 Å². The second kappa shape index (κ2) is 12.0. The number of ether oxygens (including phenoxy) is 4. The Bertz CT molecular complexity index is 1350. The number of amidine groups is 2. The number of hydrogen-bond acceptors (Lipinski definition) is 8. The minimum Gasteiger partial charge on any atom is -0.493 e. The third-order valence-electron chi connectivity index (χ3n) is 5.67. The van der Waals surface area contributed by atoms with E-state index in [1.165, 1.54) is 16.8 Å². The van der Waals surface area contributed by atoms with Crippen molar-refractivity contribution in [3.63, 3.8) is 0 Å². The van der Waals surface area contributed by atoms with Gasteiger partial charge in [0.25, 0.3) is 5.91 Å². The summed E-state index contributed by atoms with van der Waals surface area (Å²) in [5.41, 5.74) is 1.91. The third kappa shape index (κ3) is 5.91. The Balaban J connectivity index is 1.42. The van der Waals surface area contributed by atoms with Gasteiger partial charge in [0.05, 0.1) is 19.8 Å². The smallest absolute Gasteiger partial charge is 0.283 e. The van der Waals surface area contributed by atoms with Gasteiger partial charge in [0.1, 0.15) is 18.3 Å². The molecular weight excluding hydrogens is 504 g/mol. The first-order valence-corrected chi connectivity index (χ1v) is 12.9. The van der Waals surface area contributed by atoms with Crippen molar-refractivity contribution < 1.29 is 23.7 Å². The molecule has 38 heavy (non-hydrogen) atoms. The molecule has 0 spiro atoms. The number of hydrogen-bond donors (Lipinski definition) is 1. The van der Waals surface area contributed by atoms with Gasteiger partial charge in [-0.3, -0.25) is 10.2 Å². The van der Waals surface area contributed by atoms with Crippen LogP contribution in [0.5, 0.6) is 23.0 Å². The zero-order chi connectivity index (χ0) is 27.2. The first kappa shape index (κ1) is 27.0. The first-order chi connectivity index (χ1) is 18.3. The summed E-state index contributed by atoms with van der Waals surface area (Å²) >= 11 is 1.32. The number of nitrogens with one attached hydrogen (secondary N) is 1. The molecule has 2 aliphatic heterocycles. The highest BCUT2D eigenvalue weighted by Crippen LogP contribution is 2.33. The van der Waals surface area contributed by atoms with Crippen molar-refractivity contribution in [1.29, 1.82) is 5.41 Å². The molecule has 0 aliphatic carbocycles. The fourth-order valence-corrected chi connectivity index (χ4v) is 4.62. The molecule has 4 rings (SSSR count). The molecular formula is C28H30N4O5S. The minimum absolute atomic E-state index is 0.00690. The predicted octanol–water partition coefficient (Wildman–Crippen LogP) is 5.17. The zero-order valence-corrected chi connectivity index (χ0v) is 22.6. The normalized spacial score (nSPS) is 15.8. The Kier molecular flexibility index (Phi) is 8.52. The summed E-state index contributed by atoms with van der Waals surface area (Å²) in [6.07, 6.45) is 4.19. The summed E-state index contributed by atoms with van der Waals surface area (Å²) in [6.45, 7) is 8.35. The molecule has 0 unspecified atom stereocenters. The molecule has 1 amide bonds. The molecule has 2 aromatic rings. The molecule has 0 aromatic heterocycles. The van der Waals surface area contributed by atoms with E-state index in [1.54, 1.807) is 38.5 Å². The molecule has 0 fully saturated rings. The number of benzene rings is 2. The fraction of sp³-hybridized carbons (Fsp3) is 0.286. The van der Waals surface area contributed by atoms with Gasteiger partial charge < -0.3 is 18.9 Å². The van der Waals surface area contributed by atoms with Gasteiger partial charge in [0.2, 0.25) is 5.17 Å². The fourth-order valence-electron chi connectivity index (χ4n) is 3.73. The van der Waals surface area contributed by atoms with Gasteiger partial charge in [0.15, 0.2) is 28.8 Å². The molecule has 0 atom stereocenters. The van der Waals surface area contributed by atoms with E-state index in [0.29, 0.717) is 40.3 Å². The number of carbonyl (C=O) groups excluding carboxylic acids is 1. The van der Waals surface area contributed by atoms with Gasteiger partial charge >= 0.3 is 0 Å². The van der Waals surface area contributed by atoms with Crippen LogP contribution in [0.4, 0.5) is 0 Å². The number of methoxy groups -OCH3 is 2. The molecule has 2 heterocycles. The maximum absolute atomic E-state index is 12.7. The predicted molar refractivity (Wildman–Crippen MR) is 151 cm³/mol. The number of hydrazone groups is 1. The summed E-state index contributed by atoms with van der Waals surface area (Å²) in [6, 6.07) is 11.0. The second-order valence-electron chi connectivity index (χ2n) is 8.70. The van der Waals surface area contributed by atoms with Gasteiger partial charge in [-0.15, -0.1) is 6.58 Å². The van der Waals surface area contributed by atoms with E-state index in [1.807, 2.05) is 38.1 Å². The minimum atomic E-state index is -0.474. The SMILES string of the molecule is C=CCc1ccc(OCCOc2ccc(/C=C3\C(=N)N4N=C(C(C)C)SC4=NC3=O)cc2OC)c(OC)c1. The van der Waals surface area contributed by atoms with Crippen molar-refractivity contribution in [2.75, 3.05) is 27.4 Å². The number of thioether (sulfide) groups is 1. The van der Waals surface area contributed by atoms with Crippen LogP contribution in [-0.4, -0.2) is 54.4 Å². The summed E-state index contributed by atoms with van der Waals surface area (Å²) in [5.74, 6) is 1.99. The molecule has 2 aromatic carbocycles. The number of rotatable bonds is 11. The van der Waals surface area contributed by atoms with Crippen molar-refractivity contribution in [2.24, 2.45) is 16.0 Å². The quantitative estimate of drug-likeness (QED) is 0.241. The summed E-state index contributed by atoms with van der Waals surface area (Å²) in [7, 11) is 3.14. The van der Waals surface area contributed by atoms with Crippen LogP contribution in [0.15, 0.2) is 64.7 Å². The Morgan fingerprint density at radius 3 is 2.32 bits per heavy atom. The zero-order valence-electron chi connectivity index (χ0n) is 21.8. The molecule has 1 N–H and O–H groups in total. The number of amides is 1. The van der Waals surface area contributed by atoms with Crippen molar-refractivity contribution in [3.05, 3.63) is 65.8 Å². The Hall–Kier alpha value is -4.05. The van der Waals surface area contributed by atoms with Crippen LogP contribution in [0.25, 0.3) is 6.08 Å². The van der Waals surface area contributed by atoms with Crippen molar-refractivity contribution >= 4 is 39.8 Å². The monoisotopic (exact) mass is 534 g/mol. The Morgan fingerprint density at radius 2 is 1.68 bits per heavy atom. The van der Waals surface area contributed by atoms with Gasteiger partial charge in [0, 0.05) is 5.92 Å². The largest absolute Gasteiger partial charge is 0.493 e. The highest BCUT2D eigenvalue weighted by Gasteiger charge is 2.36. The topological polar surface area (TPSA) is 106 Å². The highest BCUT2D eigenvalue weighted by molar-refractivity contribution is 8.27. The molecule has 10 heteroatoms. The molecule has 0 radical (unpaired) electrons. The lowest BCUT2D eigenvalue weighted by Crippen LogP contribution is -2.35. The van der Waals surface area contributed by atoms with Gasteiger partial charge in [-0.2, -0.15) is 15.1 Å². The van der Waals surface area contributed by atoms with E-state index in [-0.39, 0.29) is 23.9 Å². The van der Waals surface area contributed by atoms with Gasteiger partial charge in [-0.1, -0.05) is 32.1 Å². The van der Waals surface area contributed by atoms with Gasteiger partial charge in [-0.05, 0) is 59.7 Å². The maximum Gasteiger partial charge on any atom is 0.283 e. The lowest BCUT2D eigenvalue weighted by atomic mass is 10.1. The lowest BCUT2D eigenvalue weighted by molar-refractivity contribution is -0.114. The molecule has 198 valence electrons. The second-order valence-corrected chi connectivity index (χ2v) is 9.69. The number of fused-ring (bicyclic) bond motifs is 1. The van der Waals surface area contributed by atoms with E-state index in [9.17, 15) is 4.79 Å². The van der Waals surface area contributed by atoms with Crippen LogP contribution in [0.3, 0.4) is 0 Å². The van der Waals surface area contributed by atoms with Crippen molar-refractivity contribution in [1.82, 2.24) is 5.01 Å². The van der Waals surface area contributed by atoms with Crippen LogP contribution in [0, 0.1) is 11.3 Å². The Labute approximate surface area is 226 Å². The van der Waals surface area contributed by atoms with E-state index in [4.69, 9.17) is 24.4 Å². The number of allylic oxidation sites excluding steroid dienone is 1. The molecule has 0 bridgehead atoms. The van der Waals surface area contributed by atoms with Gasteiger partial charge in [-0.25, -0.2) is 0 Å². The van der Waals surface area contributed by atoms with E-state index < -0.39 is 5.91 Å². The number of aliphatic imine (C=N–C) groups is 1.